The van der Waals surface area contributed by atoms with E-state index in [2.05, 4.69) is 10.6 Å². The summed E-state index contributed by atoms with van der Waals surface area (Å²) in [6, 6.07) is 0.174. The van der Waals surface area contributed by atoms with Crippen LogP contribution in [0.2, 0.25) is 0 Å². The zero-order chi connectivity index (χ0) is 15.1. The van der Waals surface area contributed by atoms with E-state index in [1.54, 1.807) is 0 Å². The molecule has 0 aromatic rings. The smallest absolute Gasteiger partial charge is 0.246 e. The fraction of sp³-hybridized carbons (Fsp3) is 0.867. The van der Waals surface area contributed by atoms with Gasteiger partial charge in [-0.1, -0.05) is 0 Å². The first-order chi connectivity index (χ1) is 10.2. The minimum absolute atomic E-state index is 0.0736. The SMILES string of the molecule is COCC(=O)NC1CCN(C(=O)CC2CCCNC2)CC1. The van der Waals surface area contributed by atoms with Gasteiger partial charge in [-0.15, -0.1) is 0 Å². The van der Waals surface area contributed by atoms with Crippen LogP contribution in [-0.2, 0) is 14.3 Å². The van der Waals surface area contributed by atoms with Crippen LogP contribution >= 0.6 is 0 Å². The number of nitrogens with one attached hydrogen (secondary N) is 2. The second kappa shape index (κ2) is 8.34. The van der Waals surface area contributed by atoms with Crippen LogP contribution in [-0.4, -0.2) is 62.7 Å². The van der Waals surface area contributed by atoms with E-state index in [1.807, 2.05) is 4.90 Å². The zero-order valence-electron chi connectivity index (χ0n) is 12.9. The average Bonchev–Trinajstić information content (AvgIpc) is 2.49. The normalized spacial score (nSPS) is 23.9. The fourth-order valence-electron chi connectivity index (χ4n) is 3.15. The van der Waals surface area contributed by atoms with Gasteiger partial charge in [0.1, 0.15) is 6.61 Å². The van der Waals surface area contributed by atoms with Gasteiger partial charge in [-0.2, -0.15) is 0 Å². The second-order valence-corrected chi connectivity index (χ2v) is 6.07. The molecule has 0 radical (unpaired) electrons. The molecule has 0 spiro atoms. The Kier molecular flexibility index (Phi) is 6.45. The molecule has 2 aliphatic heterocycles. The van der Waals surface area contributed by atoms with Crippen molar-refractivity contribution in [3.63, 3.8) is 0 Å². The Morgan fingerprint density at radius 3 is 2.67 bits per heavy atom. The fourth-order valence-corrected chi connectivity index (χ4v) is 3.15. The van der Waals surface area contributed by atoms with Gasteiger partial charge in [0.15, 0.2) is 0 Å². The van der Waals surface area contributed by atoms with Crippen molar-refractivity contribution in [2.75, 3.05) is 39.9 Å². The molecule has 2 saturated heterocycles. The standard InChI is InChI=1S/C15H27N3O3/c1-21-11-14(19)17-13-4-7-18(8-5-13)15(20)9-12-3-2-6-16-10-12/h12-13,16H,2-11H2,1H3,(H,17,19). The molecule has 6 nitrogen and oxygen atoms in total. The van der Waals surface area contributed by atoms with E-state index in [1.165, 1.54) is 13.5 Å². The molecular formula is C15H27N3O3. The molecule has 2 aliphatic rings. The summed E-state index contributed by atoms with van der Waals surface area (Å²) in [5.74, 6) is 0.686. The van der Waals surface area contributed by atoms with Gasteiger partial charge < -0.3 is 20.3 Å². The third kappa shape index (κ3) is 5.28. The van der Waals surface area contributed by atoms with Gasteiger partial charge in [0.25, 0.3) is 0 Å². The molecule has 0 aromatic carbocycles. The predicted octanol–water partition coefficient (Wildman–Crippen LogP) is 0.130. The molecule has 2 rings (SSSR count). The molecule has 6 heteroatoms. The number of methoxy groups -OCH3 is 1. The number of carbonyl (C=O) groups is 2. The van der Waals surface area contributed by atoms with Crippen LogP contribution in [0, 0.1) is 5.92 Å². The van der Waals surface area contributed by atoms with Crippen LogP contribution < -0.4 is 10.6 Å². The van der Waals surface area contributed by atoms with Crippen molar-refractivity contribution in [3.05, 3.63) is 0 Å². The number of amides is 2. The van der Waals surface area contributed by atoms with Crippen molar-refractivity contribution in [2.24, 2.45) is 5.92 Å². The maximum absolute atomic E-state index is 12.3. The lowest BCUT2D eigenvalue weighted by Crippen LogP contribution is -2.47. The Morgan fingerprint density at radius 2 is 2.05 bits per heavy atom. The summed E-state index contributed by atoms with van der Waals surface area (Å²) in [6.07, 6.45) is 4.66. The summed E-state index contributed by atoms with van der Waals surface area (Å²) >= 11 is 0. The van der Waals surface area contributed by atoms with E-state index in [0.29, 0.717) is 12.3 Å². The molecule has 2 N–H and O–H groups in total. The Balaban J connectivity index is 1.67. The summed E-state index contributed by atoms with van der Waals surface area (Å²) < 4.78 is 4.81. The third-order valence-electron chi connectivity index (χ3n) is 4.35. The number of rotatable bonds is 5. The van der Waals surface area contributed by atoms with Crippen molar-refractivity contribution in [1.29, 1.82) is 0 Å². The first-order valence-electron chi connectivity index (χ1n) is 7.96. The van der Waals surface area contributed by atoms with Crippen molar-refractivity contribution in [2.45, 2.75) is 38.1 Å². The highest BCUT2D eigenvalue weighted by atomic mass is 16.5. The minimum Gasteiger partial charge on any atom is -0.375 e. The summed E-state index contributed by atoms with van der Waals surface area (Å²) in [5.41, 5.74) is 0. The van der Waals surface area contributed by atoms with Crippen LogP contribution in [0.25, 0.3) is 0 Å². The predicted molar refractivity (Wildman–Crippen MR) is 79.8 cm³/mol. The molecule has 0 aromatic heterocycles. The summed E-state index contributed by atoms with van der Waals surface area (Å²) in [6.45, 7) is 3.65. The van der Waals surface area contributed by atoms with Gasteiger partial charge in [0.2, 0.25) is 11.8 Å². The number of carbonyl (C=O) groups excluding carboxylic acids is 2. The van der Waals surface area contributed by atoms with Gasteiger partial charge in [-0.25, -0.2) is 0 Å². The van der Waals surface area contributed by atoms with E-state index in [0.717, 1.165) is 45.4 Å². The Labute approximate surface area is 126 Å². The van der Waals surface area contributed by atoms with Crippen molar-refractivity contribution in [3.8, 4) is 0 Å². The number of piperidine rings is 2. The first kappa shape index (κ1) is 16.2. The lowest BCUT2D eigenvalue weighted by Gasteiger charge is -2.33. The van der Waals surface area contributed by atoms with E-state index < -0.39 is 0 Å². The Morgan fingerprint density at radius 1 is 1.29 bits per heavy atom. The largest absolute Gasteiger partial charge is 0.375 e. The topological polar surface area (TPSA) is 70.7 Å². The Hall–Kier alpha value is -1.14. The second-order valence-electron chi connectivity index (χ2n) is 6.07. The van der Waals surface area contributed by atoms with E-state index in [-0.39, 0.29) is 24.5 Å². The molecule has 0 saturated carbocycles. The van der Waals surface area contributed by atoms with Crippen LogP contribution in [0.5, 0.6) is 0 Å². The monoisotopic (exact) mass is 297 g/mol. The molecule has 21 heavy (non-hydrogen) atoms. The first-order valence-corrected chi connectivity index (χ1v) is 7.96. The highest BCUT2D eigenvalue weighted by molar-refractivity contribution is 5.78. The molecule has 2 heterocycles. The minimum atomic E-state index is -0.0736. The van der Waals surface area contributed by atoms with Gasteiger partial charge in [-0.3, -0.25) is 9.59 Å². The maximum atomic E-state index is 12.3. The number of hydrogen-bond acceptors (Lipinski definition) is 4. The van der Waals surface area contributed by atoms with Crippen molar-refractivity contribution < 1.29 is 14.3 Å². The summed E-state index contributed by atoms with van der Waals surface area (Å²) in [7, 11) is 1.51. The molecule has 1 unspecified atom stereocenters. The van der Waals surface area contributed by atoms with Gasteiger partial charge in [0.05, 0.1) is 0 Å². The Bertz CT molecular complexity index is 348. The average molecular weight is 297 g/mol. The lowest BCUT2D eigenvalue weighted by molar-refractivity contribution is -0.133. The molecule has 2 amide bonds. The molecule has 0 bridgehead atoms. The summed E-state index contributed by atoms with van der Waals surface area (Å²) in [5, 5.41) is 6.30. The number of nitrogens with zero attached hydrogens (tertiary/aromatic N) is 1. The third-order valence-corrected chi connectivity index (χ3v) is 4.35. The van der Waals surface area contributed by atoms with Crippen molar-refractivity contribution in [1.82, 2.24) is 15.5 Å². The van der Waals surface area contributed by atoms with Gasteiger partial charge in [0, 0.05) is 32.7 Å². The zero-order valence-corrected chi connectivity index (χ0v) is 12.9. The highest BCUT2D eigenvalue weighted by Gasteiger charge is 2.26. The van der Waals surface area contributed by atoms with E-state index in [4.69, 9.17) is 4.74 Å². The van der Waals surface area contributed by atoms with E-state index >= 15 is 0 Å². The van der Waals surface area contributed by atoms with Crippen LogP contribution in [0.4, 0.5) is 0 Å². The van der Waals surface area contributed by atoms with Gasteiger partial charge in [-0.05, 0) is 44.7 Å². The molecular weight excluding hydrogens is 270 g/mol. The molecule has 2 fully saturated rings. The summed E-state index contributed by atoms with van der Waals surface area (Å²) in [4.78, 5) is 25.7. The molecule has 0 aliphatic carbocycles. The van der Waals surface area contributed by atoms with E-state index in [9.17, 15) is 9.59 Å². The van der Waals surface area contributed by atoms with Gasteiger partial charge >= 0.3 is 0 Å². The number of ether oxygens (including phenoxy) is 1. The van der Waals surface area contributed by atoms with Crippen molar-refractivity contribution >= 4 is 11.8 Å². The quantitative estimate of drug-likeness (QED) is 0.757. The maximum Gasteiger partial charge on any atom is 0.246 e. The highest BCUT2D eigenvalue weighted by Crippen LogP contribution is 2.18. The molecule has 1 atom stereocenters. The number of hydrogen-bond donors (Lipinski definition) is 2. The van der Waals surface area contributed by atoms with Crippen LogP contribution in [0.3, 0.4) is 0 Å². The molecule has 120 valence electrons. The lowest BCUT2D eigenvalue weighted by atomic mass is 9.95. The number of likely N-dealkylation sites (tertiary alicyclic amines) is 1. The van der Waals surface area contributed by atoms with Crippen LogP contribution in [0.1, 0.15) is 32.1 Å². The van der Waals surface area contributed by atoms with Crippen LogP contribution in [0.15, 0.2) is 0 Å².